The van der Waals surface area contributed by atoms with E-state index in [-0.39, 0.29) is 11.8 Å². The van der Waals surface area contributed by atoms with E-state index in [9.17, 15) is 4.79 Å². The van der Waals surface area contributed by atoms with Gasteiger partial charge in [0, 0.05) is 30.9 Å². The van der Waals surface area contributed by atoms with E-state index in [2.05, 4.69) is 29.2 Å². The van der Waals surface area contributed by atoms with Gasteiger partial charge in [0.2, 0.25) is 5.91 Å². The summed E-state index contributed by atoms with van der Waals surface area (Å²) >= 11 is 0. The number of nitrogens with zero attached hydrogens (tertiary/aromatic N) is 3. The van der Waals surface area contributed by atoms with E-state index in [0.29, 0.717) is 5.82 Å². The third-order valence-electron chi connectivity index (χ3n) is 3.69. The van der Waals surface area contributed by atoms with Gasteiger partial charge in [-0.1, -0.05) is 26.7 Å². The molecule has 0 aromatic carbocycles. The summed E-state index contributed by atoms with van der Waals surface area (Å²) in [5.74, 6) is 0.738. The molecule has 0 radical (unpaired) electrons. The largest absolute Gasteiger partial charge is 0.310 e. The predicted molar refractivity (Wildman–Crippen MR) is 88.4 cm³/mol. The molecule has 22 heavy (non-hydrogen) atoms. The molecule has 2 heterocycles. The molecule has 5 nitrogen and oxygen atoms in total. The Bertz CT molecular complexity index is 615. The van der Waals surface area contributed by atoms with Gasteiger partial charge < -0.3 is 5.32 Å². The lowest BCUT2D eigenvalue weighted by molar-refractivity contribution is -0.120. The third-order valence-corrected chi connectivity index (χ3v) is 3.69. The van der Waals surface area contributed by atoms with Crippen LogP contribution in [0.25, 0.3) is 11.1 Å². The molecule has 1 N–H and O–H groups in total. The van der Waals surface area contributed by atoms with Crippen molar-refractivity contribution in [3.63, 3.8) is 0 Å². The SMILES string of the molecule is CCCC(CCC)C(=O)Nc1cc(-c2cnn(C)c2)ccn1. The summed E-state index contributed by atoms with van der Waals surface area (Å²) < 4.78 is 1.76. The van der Waals surface area contributed by atoms with Crippen molar-refractivity contribution in [2.24, 2.45) is 13.0 Å². The van der Waals surface area contributed by atoms with Crippen molar-refractivity contribution >= 4 is 11.7 Å². The van der Waals surface area contributed by atoms with Crippen molar-refractivity contribution in [2.75, 3.05) is 5.32 Å². The molecule has 5 heteroatoms. The number of amides is 1. The fraction of sp³-hybridized carbons (Fsp3) is 0.471. The number of hydrogen-bond donors (Lipinski definition) is 1. The molecule has 118 valence electrons. The second kappa shape index (κ2) is 7.73. The van der Waals surface area contributed by atoms with Crippen LogP contribution in [0, 0.1) is 5.92 Å². The van der Waals surface area contributed by atoms with Crippen LogP contribution in [-0.2, 0) is 11.8 Å². The lowest BCUT2D eigenvalue weighted by Gasteiger charge is -2.15. The smallest absolute Gasteiger partial charge is 0.228 e. The number of carbonyl (C=O) groups is 1. The van der Waals surface area contributed by atoms with Gasteiger partial charge in [-0.25, -0.2) is 4.98 Å². The van der Waals surface area contributed by atoms with Crippen molar-refractivity contribution in [3.05, 3.63) is 30.7 Å². The highest BCUT2D eigenvalue weighted by atomic mass is 16.1. The van der Waals surface area contributed by atoms with Gasteiger partial charge in [-0.05, 0) is 30.5 Å². The zero-order valence-electron chi connectivity index (χ0n) is 13.5. The summed E-state index contributed by atoms with van der Waals surface area (Å²) in [5.41, 5.74) is 2.01. The monoisotopic (exact) mass is 300 g/mol. The van der Waals surface area contributed by atoms with E-state index in [1.807, 2.05) is 25.4 Å². The number of rotatable bonds is 7. The Labute approximate surface area is 131 Å². The van der Waals surface area contributed by atoms with Gasteiger partial charge >= 0.3 is 0 Å². The minimum Gasteiger partial charge on any atom is -0.310 e. The molecule has 0 aliphatic carbocycles. The first-order valence-corrected chi connectivity index (χ1v) is 7.90. The van der Waals surface area contributed by atoms with E-state index < -0.39 is 0 Å². The summed E-state index contributed by atoms with van der Waals surface area (Å²) in [6.07, 6.45) is 9.33. The molecule has 0 aliphatic heterocycles. The standard InChI is InChI=1S/C17H24N4O/c1-4-6-13(7-5-2)17(22)20-16-10-14(8-9-18-16)15-11-19-21(3)12-15/h8-13H,4-7H2,1-3H3,(H,18,20,22). The van der Waals surface area contributed by atoms with Crippen LogP contribution in [-0.4, -0.2) is 20.7 Å². The number of anilines is 1. The van der Waals surface area contributed by atoms with E-state index in [1.165, 1.54) is 0 Å². The van der Waals surface area contributed by atoms with Crippen LogP contribution in [0.2, 0.25) is 0 Å². The Balaban J connectivity index is 2.11. The van der Waals surface area contributed by atoms with Gasteiger partial charge in [-0.2, -0.15) is 5.10 Å². The Morgan fingerprint density at radius 3 is 2.59 bits per heavy atom. The number of aryl methyl sites for hydroxylation is 1. The van der Waals surface area contributed by atoms with Crippen LogP contribution in [0.5, 0.6) is 0 Å². The average Bonchev–Trinajstić information content (AvgIpc) is 2.94. The molecule has 0 saturated heterocycles. The maximum absolute atomic E-state index is 12.4. The van der Waals surface area contributed by atoms with Crippen molar-refractivity contribution in [2.45, 2.75) is 39.5 Å². The molecule has 0 atom stereocenters. The first-order chi connectivity index (χ1) is 10.6. The summed E-state index contributed by atoms with van der Waals surface area (Å²) in [7, 11) is 1.88. The van der Waals surface area contributed by atoms with E-state index in [1.54, 1.807) is 17.1 Å². The van der Waals surface area contributed by atoms with E-state index in [4.69, 9.17) is 0 Å². The Morgan fingerprint density at radius 2 is 2.00 bits per heavy atom. The van der Waals surface area contributed by atoms with Gasteiger partial charge in [-0.15, -0.1) is 0 Å². The molecule has 2 aromatic heterocycles. The Morgan fingerprint density at radius 1 is 1.27 bits per heavy atom. The van der Waals surface area contributed by atoms with Crippen molar-refractivity contribution in [1.29, 1.82) is 0 Å². The van der Waals surface area contributed by atoms with Gasteiger partial charge in [0.25, 0.3) is 0 Å². The molecule has 2 rings (SSSR count). The van der Waals surface area contributed by atoms with Gasteiger partial charge in [0.1, 0.15) is 5.82 Å². The number of nitrogens with one attached hydrogen (secondary N) is 1. The first-order valence-electron chi connectivity index (χ1n) is 7.90. The maximum Gasteiger partial charge on any atom is 0.228 e. The first kappa shape index (κ1) is 16.2. The molecule has 0 unspecified atom stereocenters. The molecular weight excluding hydrogens is 276 g/mol. The van der Waals surface area contributed by atoms with Gasteiger partial charge in [0.15, 0.2) is 0 Å². The number of carbonyl (C=O) groups excluding carboxylic acids is 1. The van der Waals surface area contributed by atoms with Crippen molar-refractivity contribution in [3.8, 4) is 11.1 Å². The van der Waals surface area contributed by atoms with Crippen molar-refractivity contribution in [1.82, 2.24) is 14.8 Å². The molecule has 0 bridgehead atoms. The number of pyridine rings is 1. The van der Waals surface area contributed by atoms with Crippen LogP contribution in [0.4, 0.5) is 5.82 Å². The quantitative estimate of drug-likeness (QED) is 0.849. The fourth-order valence-corrected chi connectivity index (χ4v) is 2.58. The summed E-state index contributed by atoms with van der Waals surface area (Å²) in [4.78, 5) is 16.6. The highest BCUT2D eigenvalue weighted by Gasteiger charge is 2.17. The molecule has 0 spiro atoms. The molecule has 0 saturated carbocycles. The van der Waals surface area contributed by atoms with Crippen LogP contribution in [0.15, 0.2) is 30.7 Å². The Kier molecular flexibility index (Phi) is 5.69. The Hall–Kier alpha value is -2.17. The highest BCUT2D eigenvalue weighted by molar-refractivity contribution is 5.92. The fourth-order valence-electron chi connectivity index (χ4n) is 2.58. The lowest BCUT2D eigenvalue weighted by Crippen LogP contribution is -2.23. The molecular formula is C17H24N4O. The number of hydrogen-bond acceptors (Lipinski definition) is 3. The molecule has 1 amide bonds. The van der Waals surface area contributed by atoms with Crippen LogP contribution < -0.4 is 5.32 Å². The second-order valence-electron chi connectivity index (χ2n) is 5.60. The second-order valence-corrected chi connectivity index (χ2v) is 5.60. The summed E-state index contributed by atoms with van der Waals surface area (Å²) in [6, 6.07) is 3.81. The lowest BCUT2D eigenvalue weighted by atomic mass is 9.97. The summed E-state index contributed by atoms with van der Waals surface area (Å²) in [5, 5.41) is 7.12. The van der Waals surface area contributed by atoms with Crippen molar-refractivity contribution < 1.29 is 4.79 Å². The topological polar surface area (TPSA) is 59.8 Å². The normalized spacial score (nSPS) is 10.9. The van der Waals surface area contributed by atoms with Crippen LogP contribution in [0.3, 0.4) is 0 Å². The van der Waals surface area contributed by atoms with Crippen LogP contribution in [0.1, 0.15) is 39.5 Å². The van der Waals surface area contributed by atoms with Gasteiger partial charge in [0.05, 0.1) is 6.20 Å². The van der Waals surface area contributed by atoms with E-state index >= 15 is 0 Å². The minimum atomic E-state index is 0.0684. The van der Waals surface area contributed by atoms with E-state index in [0.717, 1.165) is 36.8 Å². The zero-order valence-corrected chi connectivity index (χ0v) is 13.5. The molecule has 0 aliphatic rings. The third kappa shape index (κ3) is 4.16. The number of aromatic nitrogens is 3. The average molecular weight is 300 g/mol. The zero-order chi connectivity index (χ0) is 15.9. The van der Waals surface area contributed by atoms with Crippen LogP contribution >= 0.6 is 0 Å². The van der Waals surface area contributed by atoms with Gasteiger partial charge in [-0.3, -0.25) is 9.48 Å². The summed E-state index contributed by atoms with van der Waals surface area (Å²) in [6.45, 7) is 4.22. The predicted octanol–water partition coefficient (Wildman–Crippen LogP) is 3.64. The highest BCUT2D eigenvalue weighted by Crippen LogP contribution is 2.21. The molecule has 2 aromatic rings. The minimum absolute atomic E-state index is 0.0684. The molecule has 0 fully saturated rings. The maximum atomic E-state index is 12.4.